The van der Waals surface area contributed by atoms with E-state index in [9.17, 15) is 4.79 Å². The SMILES string of the molecule is CCOc1ccc(-c2nnc(C3CC(NC(=O)OC(C)(C)C)C3)n2-c2ccc(C)s2)nc1. The summed E-state index contributed by atoms with van der Waals surface area (Å²) in [7, 11) is 0. The third kappa shape index (κ3) is 4.93. The van der Waals surface area contributed by atoms with E-state index in [1.165, 1.54) is 4.88 Å². The summed E-state index contributed by atoms with van der Waals surface area (Å²) in [6.45, 7) is 10.2. The molecule has 170 valence electrons. The number of hydrogen-bond donors (Lipinski definition) is 1. The highest BCUT2D eigenvalue weighted by molar-refractivity contribution is 7.14. The van der Waals surface area contributed by atoms with Gasteiger partial charge in [-0.25, -0.2) is 9.78 Å². The number of aryl methyl sites for hydroxylation is 1. The molecule has 0 aliphatic heterocycles. The Bertz CT molecular complexity index is 1080. The molecular weight excluding hydrogens is 426 g/mol. The molecule has 0 unspecified atom stereocenters. The van der Waals surface area contributed by atoms with Crippen LogP contribution >= 0.6 is 11.3 Å². The van der Waals surface area contributed by atoms with Gasteiger partial charge >= 0.3 is 6.09 Å². The molecule has 4 rings (SSSR count). The second-order valence-corrected chi connectivity index (χ2v) is 10.2. The predicted molar refractivity (Wildman–Crippen MR) is 124 cm³/mol. The average molecular weight is 456 g/mol. The molecule has 1 fully saturated rings. The van der Waals surface area contributed by atoms with Crippen molar-refractivity contribution in [1.29, 1.82) is 0 Å². The van der Waals surface area contributed by atoms with Crippen LogP contribution in [-0.4, -0.2) is 44.1 Å². The van der Waals surface area contributed by atoms with E-state index in [1.807, 2.05) is 39.8 Å². The number of hydrogen-bond acceptors (Lipinski definition) is 7. The van der Waals surface area contributed by atoms with Gasteiger partial charge in [0.2, 0.25) is 0 Å². The highest BCUT2D eigenvalue weighted by atomic mass is 32.1. The van der Waals surface area contributed by atoms with Crippen LogP contribution in [0.25, 0.3) is 16.5 Å². The zero-order chi connectivity index (χ0) is 22.9. The van der Waals surface area contributed by atoms with E-state index in [1.54, 1.807) is 17.5 Å². The zero-order valence-corrected chi connectivity index (χ0v) is 19.9. The second-order valence-electron chi connectivity index (χ2n) is 8.93. The van der Waals surface area contributed by atoms with Crippen LogP contribution in [0.5, 0.6) is 5.75 Å². The summed E-state index contributed by atoms with van der Waals surface area (Å²) in [6.07, 6.45) is 2.91. The Morgan fingerprint density at radius 2 is 2.00 bits per heavy atom. The van der Waals surface area contributed by atoms with Crippen LogP contribution < -0.4 is 10.1 Å². The molecular formula is C23H29N5O3S. The largest absolute Gasteiger partial charge is 0.492 e. The Balaban J connectivity index is 1.55. The van der Waals surface area contributed by atoms with Crippen molar-refractivity contribution in [2.45, 2.75) is 65.0 Å². The Morgan fingerprint density at radius 1 is 1.22 bits per heavy atom. The molecule has 1 saturated carbocycles. The topological polar surface area (TPSA) is 91.2 Å². The van der Waals surface area contributed by atoms with Crippen LogP contribution in [0.15, 0.2) is 30.5 Å². The Morgan fingerprint density at radius 3 is 2.59 bits per heavy atom. The van der Waals surface area contributed by atoms with Crippen molar-refractivity contribution in [3.05, 3.63) is 41.2 Å². The first-order valence-corrected chi connectivity index (χ1v) is 11.7. The number of carbonyl (C=O) groups excluding carboxylic acids is 1. The van der Waals surface area contributed by atoms with Gasteiger partial charge in [-0.15, -0.1) is 21.5 Å². The van der Waals surface area contributed by atoms with E-state index in [0.717, 1.165) is 35.1 Å². The fourth-order valence-corrected chi connectivity index (χ4v) is 4.54. The number of carbonyl (C=O) groups is 1. The van der Waals surface area contributed by atoms with Crippen molar-refractivity contribution in [1.82, 2.24) is 25.1 Å². The van der Waals surface area contributed by atoms with E-state index in [-0.39, 0.29) is 18.1 Å². The highest BCUT2D eigenvalue weighted by Gasteiger charge is 2.37. The number of rotatable bonds is 6. The monoisotopic (exact) mass is 455 g/mol. The average Bonchev–Trinajstić information content (AvgIpc) is 3.30. The summed E-state index contributed by atoms with van der Waals surface area (Å²) in [5, 5.41) is 13.0. The first-order chi connectivity index (χ1) is 15.2. The third-order valence-corrected chi connectivity index (χ3v) is 6.12. The number of alkyl carbamates (subject to hydrolysis) is 1. The van der Waals surface area contributed by atoms with E-state index < -0.39 is 5.60 Å². The van der Waals surface area contributed by atoms with Crippen LogP contribution in [0, 0.1) is 6.92 Å². The summed E-state index contributed by atoms with van der Waals surface area (Å²) >= 11 is 1.69. The van der Waals surface area contributed by atoms with Gasteiger partial charge in [-0.1, -0.05) is 0 Å². The van der Waals surface area contributed by atoms with Gasteiger partial charge in [0.1, 0.15) is 27.9 Å². The molecule has 3 aromatic rings. The highest BCUT2D eigenvalue weighted by Crippen LogP contribution is 2.39. The smallest absolute Gasteiger partial charge is 0.407 e. The van der Waals surface area contributed by atoms with Crippen molar-refractivity contribution in [2.75, 3.05) is 6.61 Å². The maximum Gasteiger partial charge on any atom is 0.407 e. The van der Waals surface area contributed by atoms with Gasteiger partial charge in [-0.3, -0.25) is 4.57 Å². The first-order valence-electron chi connectivity index (χ1n) is 10.8. The van der Waals surface area contributed by atoms with Crippen LogP contribution in [0.4, 0.5) is 4.79 Å². The van der Waals surface area contributed by atoms with Crippen molar-refractivity contribution >= 4 is 17.4 Å². The lowest BCUT2D eigenvalue weighted by atomic mass is 9.79. The van der Waals surface area contributed by atoms with Crippen LogP contribution in [0.3, 0.4) is 0 Å². The van der Waals surface area contributed by atoms with E-state index >= 15 is 0 Å². The lowest BCUT2D eigenvalue weighted by Crippen LogP contribution is -2.45. The van der Waals surface area contributed by atoms with Crippen LogP contribution in [0.1, 0.15) is 57.2 Å². The number of pyridine rings is 1. The van der Waals surface area contributed by atoms with Gasteiger partial charge in [0, 0.05) is 16.8 Å². The fourth-order valence-electron chi connectivity index (χ4n) is 3.67. The van der Waals surface area contributed by atoms with Crippen molar-refractivity contribution < 1.29 is 14.3 Å². The number of nitrogens with one attached hydrogen (secondary N) is 1. The lowest BCUT2D eigenvalue weighted by Gasteiger charge is -2.35. The molecule has 3 heterocycles. The van der Waals surface area contributed by atoms with Crippen molar-refractivity contribution in [2.24, 2.45) is 0 Å². The Kier molecular flexibility index (Phi) is 6.19. The Labute approximate surface area is 192 Å². The molecule has 1 aliphatic rings. The van der Waals surface area contributed by atoms with Gasteiger partial charge in [0.25, 0.3) is 0 Å². The number of thiophene rings is 1. The molecule has 32 heavy (non-hydrogen) atoms. The standard InChI is InChI=1S/C23H29N5O3S/c1-6-30-17-8-9-18(24-13-17)21-27-26-20(28(21)19-10-7-14(2)32-19)15-11-16(12-15)25-22(29)31-23(3,4)5/h7-10,13,15-16H,6,11-12H2,1-5H3,(H,25,29). The summed E-state index contributed by atoms with van der Waals surface area (Å²) in [5.74, 6) is 2.51. The number of ether oxygens (including phenoxy) is 2. The van der Waals surface area contributed by atoms with Gasteiger partial charge in [0.05, 0.1) is 12.8 Å². The van der Waals surface area contributed by atoms with Crippen LogP contribution in [0.2, 0.25) is 0 Å². The molecule has 1 amide bonds. The molecule has 8 nitrogen and oxygen atoms in total. The molecule has 0 atom stereocenters. The fraction of sp³-hybridized carbons (Fsp3) is 0.478. The molecule has 0 aromatic carbocycles. The molecule has 1 N–H and O–H groups in total. The zero-order valence-electron chi connectivity index (χ0n) is 19.1. The summed E-state index contributed by atoms with van der Waals surface area (Å²) in [4.78, 5) is 17.8. The van der Waals surface area contributed by atoms with Crippen LogP contribution in [-0.2, 0) is 4.74 Å². The third-order valence-electron chi connectivity index (χ3n) is 5.14. The van der Waals surface area contributed by atoms with Gasteiger partial charge in [-0.05, 0) is 71.7 Å². The summed E-state index contributed by atoms with van der Waals surface area (Å²) < 4.78 is 13.0. The van der Waals surface area contributed by atoms with E-state index in [2.05, 4.69) is 44.1 Å². The minimum atomic E-state index is -0.510. The van der Waals surface area contributed by atoms with Gasteiger partial charge in [-0.2, -0.15) is 0 Å². The second kappa shape index (κ2) is 8.90. The van der Waals surface area contributed by atoms with E-state index in [0.29, 0.717) is 12.4 Å². The minimum Gasteiger partial charge on any atom is -0.492 e. The Hall–Kier alpha value is -2.94. The van der Waals surface area contributed by atoms with Gasteiger partial charge < -0.3 is 14.8 Å². The van der Waals surface area contributed by atoms with Crippen molar-refractivity contribution in [3.8, 4) is 22.3 Å². The van der Waals surface area contributed by atoms with E-state index in [4.69, 9.17) is 9.47 Å². The first kappa shape index (κ1) is 22.3. The van der Waals surface area contributed by atoms with Crippen molar-refractivity contribution in [3.63, 3.8) is 0 Å². The molecule has 9 heteroatoms. The lowest BCUT2D eigenvalue weighted by molar-refractivity contribution is 0.0469. The maximum atomic E-state index is 12.1. The summed E-state index contributed by atoms with van der Waals surface area (Å²) in [5.41, 5.74) is 0.227. The minimum absolute atomic E-state index is 0.0668. The number of nitrogens with zero attached hydrogens (tertiary/aromatic N) is 4. The molecule has 0 saturated heterocycles. The molecule has 0 bridgehead atoms. The molecule has 0 spiro atoms. The normalized spacial score (nSPS) is 18.2. The van der Waals surface area contributed by atoms with Gasteiger partial charge in [0.15, 0.2) is 5.82 Å². The maximum absolute atomic E-state index is 12.1. The number of aromatic nitrogens is 4. The predicted octanol–water partition coefficient (Wildman–Crippen LogP) is 4.87. The molecule has 0 radical (unpaired) electrons. The summed E-state index contributed by atoms with van der Waals surface area (Å²) in [6, 6.07) is 8.04. The quantitative estimate of drug-likeness (QED) is 0.570. The molecule has 1 aliphatic carbocycles. The molecule has 3 aromatic heterocycles. The number of amides is 1.